The molecule has 0 aromatic heterocycles. The summed E-state index contributed by atoms with van der Waals surface area (Å²) in [7, 11) is 0. The van der Waals surface area contributed by atoms with Crippen molar-refractivity contribution in [3.63, 3.8) is 0 Å². The summed E-state index contributed by atoms with van der Waals surface area (Å²) in [4.78, 5) is 25.6. The lowest BCUT2D eigenvalue weighted by Gasteiger charge is -2.34. The largest absolute Gasteiger partial charge is 0.444 e. The summed E-state index contributed by atoms with van der Waals surface area (Å²) in [6.45, 7) is 8.62. The number of piperidine rings is 1. The van der Waals surface area contributed by atoms with E-state index in [-0.39, 0.29) is 18.6 Å². The molecule has 1 aliphatic carbocycles. The summed E-state index contributed by atoms with van der Waals surface area (Å²) in [6.07, 6.45) is 5.20. The summed E-state index contributed by atoms with van der Waals surface area (Å²) >= 11 is 0. The maximum Gasteiger partial charge on any atom is 0.410 e. The van der Waals surface area contributed by atoms with E-state index in [4.69, 9.17) is 9.47 Å². The van der Waals surface area contributed by atoms with Crippen LogP contribution in [0.3, 0.4) is 0 Å². The molecule has 6 heteroatoms. The first-order chi connectivity index (χ1) is 11.3. The Hall–Kier alpha value is -1.30. The van der Waals surface area contributed by atoms with Crippen LogP contribution < -0.4 is 5.32 Å². The van der Waals surface area contributed by atoms with Crippen LogP contribution in [0.25, 0.3) is 0 Å². The fourth-order valence-electron chi connectivity index (χ4n) is 2.86. The number of carbonyl (C=O) groups is 2. The molecular formula is C18H32N2O4. The Kier molecular flexibility index (Phi) is 6.90. The van der Waals surface area contributed by atoms with Gasteiger partial charge in [0.1, 0.15) is 12.2 Å². The molecule has 1 atom stereocenters. The summed E-state index contributed by atoms with van der Waals surface area (Å²) in [6, 6.07) is 0. The van der Waals surface area contributed by atoms with Crippen molar-refractivity contribution in [2.45, 2.75) is 58.5 Å². The highest BCUT2D eigenvalue weighted by atomic mass is 16.6. The maximum absolute atomic E-state index is 12.1. The number of carbonyl (C=O) groups excluding carboxylic acids is 2. The number of nitrogens with zero attached hydrogens (tertiary/aromatic N) is 1. The predicted molar refractivity (Wildman–Crippen MR) is 91.7 cm³/mol. The summed E-state index contributed by atoms with van der Waals surface area (Å²) in [5.41, 5.74) is -0.460. The van der Waals surface area contributed by atoms with E-state index in [1.165, 1.54) is 12.8 Å². The van der Waals surface area contributed by atoms with Crippen molar-refractivity contribution in [2.24, 2.45) is 11.8 Å². The van der Waals surface area contributed by atoms with Crippen molar-refractivity contribution < 1.29 is 19.1 Å². The van der Waals surface area contributed by atoms with E-state index in [0.717, 1.165) is 25.8 Å². The van der Waals surface area contributed by atoms with Crippen LogP contribution in [-0.2, 0) is 14.3 Å². The minimum atomic E-state index is -0.460. The number of nitrogens with one attached hydrogen (secondary N) is 1. The molecule has 138 valence electrons. The molecule has 0 radical (unpaired) electrons. The van der Waals surface area contributed by atoms with Gasteiger partial charge < -0.3 is 19.7 Å². The van der Waals surface area contributed by atoms with Crippen LogP contribution in [0, 0.1) is 11.8 Å². The second-order valence-electron chi connectivity index (χ2n) is 8.03. The average molecular weight is 340 g/mol. The van der Waals surface area contributed by atoms with E-state index in [9.17, 15) is 9.59 Å². The lowest BCUT2D eigenvalue weighted by molar-refractivity contribution is -0.125. The normalized spacial score (nSPS) is 21.5. The third-order valence-corrected chi connectivity index (χ3v) is 4.33. The molecule has 24 heavy (non-hydrogen) atoms. The Bertz CT molecular complexity index is 429. The average Bonchev–Trinajstić information content (AvgIpc) is 3.30. The summed E-state index contributed by atoms with van der Waals surface area (Å²) in [5.74, 6) is 1.05. The molecule has 1 heterocycles. The molecule has 2 rings (SSSR count). The van der Waals surface area contributed by atoms with Gasteiger partial charge in [-0.25, -0.2) is 4.79 Å². The number of ether oxygens (including phenoxy) is 2. The molecule has 0 aromatic carbocycles. The van der Waals surface area contributed by atoms with Gasteiger partial charge in [0.2, 0.25) is 5.91 Å². The fourth-order valence-corrected chi connectivity index (χ4v) is 2.86. The van der Waals surface area contributed by atoms with Gasteiger partial charge >= 0.3 is 6.09 Å². The monoisotopic (exact) mass is 340 g/mol. The lowest BCUT2D eigenvalue weighted by Crippen LogP contribution is -2.43. The van der Waals surface area contributed by atoms with Gasteiger partial charge in [0.15, 0.2) is 0 Å². The van der Waals surface area contributed by atoms with E-state index in [1.807, 2.05) is 20.8 Å². The van der Waals surface area contributed by atoms with Crippen LogP contribution in [0.4, 0.5) is 4.79 Å². The Morgan fingerprint density at radius 1 is 1.17 bits per heavy atom. The molecule has 6 nitrogen and oxygen atoms in total. The Morgan fingerprint density at radius 2 is 1.92 bits per heavy atom. The first kappa shape index (κ1) is 19.0. The zero-order chi connectivity index (χ0) is 17.6. The highest BCUT2D eigenvalue weighted by Gasteiger charge is 2.27. The molecule has 1 aliphatic heterocycles. The third kappa shape index (κ3) is 7.51. The minimum Gasteiger partial charge on any atom is -0.444 e. The zero-order valence-electron chi connectivity index (χ0n) is 15.3. The van der Waals surface area contributed by atoms with Crippen LogP contribution in [-0.4, -0.2) is 55.3 Å². The van der Waals surface area contributed by atoms with Crippen molar-refractivity contribution in [1.29, 1.82) is 0 Å². The third-order valence-electron chi connectivity index (χ3n) is 4.33. The van der Waals surface area contributed by atoms with Crippen molar-refractivity contribution in [2.75, 3.05) is 32.8 Å². The van der Waals surface area contributed by atoms with Gasteiger partial charge in [-0.15, -0.1) is 0 Å². The number of amides is 2. The van der Waals surface area contributed by atoms with Gasteiger partial charge in [-0.3, -0.25) is 4.79 Å². The smallest absolute Gasteiger partial charge is 0.410 e. The fraction of sp³-hybridized carbons (Fsp3) is 0.889. The van der Waals surface area contributed by atoms with Gasteiger partial charge in [0, 0.05) is 19.6 Å². The molecule has 0 spiro atoms. The standard InChI is InChI=1S/C18H32N2O4/c1-18(2,3)24-17(22)20-10-4-5-14(11-20)8-9-19-16(21)13-23-12-15-6-7-15/h14-15H,4-13H2,1-3H3,(H,19,21)/t14-/m1/s1. The molecule has 1 saturated carbocycles. The van der Waals surface area contributed by atoms with E-state index in [1.54, 1.807) is 4.90 Å². The van der Waals surface area contributed by atoms with Gasteiger partial charge in [-0.2, -0.15) is 0 Å². The maximum atomic E-state index is 12.1. The number of rotatable bonds is 7. The Labute approximate surface area is 145 Å². The van der Waals surface area contributed by atoms with Gasteiger partial charge in [-0.05, 0) is 64.7 Å². The van der Waals surface area contributed by atoms with Gasteiger partial charge in [0.05, 0.1) is 6.61 Å². The highest BCUT2D eigenvalue weighted by Crippen LogP contribution is 2.28. The first-order valence-electron chi connectivity index (χ1n) is 9.16. The Balaban J connectivity index is 1.59. The van der Waals surface area contributed by atoms with Crippen LogP contribution in [0.15, 0.2) is 0 Å². The molecule has 2 amide bonds. The van der Waals surface area contributed by atoms with E-state index < -0.39 is 5.60 Å². The minimum absolute atomic E-state index is 0.0459. The zero-order valence-corrected chi connectivity index (χ0v) is 15.3. The summed E-state index contributed by atoms with van der Waals surface area (Å²) in [5, 5.41) is 2.91. The van der Waals surface area contributed by atoms with Gasteiger partial charge in [0.25, 0.3) is 0 Å². The van der Waals surface area contributed by atoms with Gasteiger partial charge in [-0.1, -0.05) is 0 Å². The quantitative estimate of drug-likeness (QED) is 0.773. The van der Waals surface area contributed by atoms with Crippen molar-refractivity contribution in [3.05, 3.63) is 0 Å². The van der Waals surface area contributed by atoms with Crippen molar-refractivity contribution in [3.8, 4) is 0 Å². The van der Waals surface area contributed by atoms with Crippen LogP contribution in [0.5, 0.6) is 0 Å². The van der Waals surface area contributed by atoms with Crippen molar-refractivity contribution in [1.82, 2.24) is 10.2 Å². The topological polar surface area (TPSA) is 67.9 Å². The molecule has 2 aliphatic rings. The molecule has 0 unspecified atom stereocenters. The van der Waals surface area contributed by atoms with Crippen LogP contribution in [0.2, 0.25) is 0 Å². The van der Waals surface area contributed by atoms with Crippen LogP contribution in [0.1, 0.15) is 52.9 Å². The first-order valence-corrected chi connectivity index (χ1v) is 9.16. The second kappa shape index (κ2) is 8.70. The van der Waals surface area contributed by atoms with Crippen molar-refractivity contribution >= 4 is 12.0 Å². The molecule has 1 N–H and O–H groups in total. The van der Waals surface area contributed by atoms with Crippen LogP contribution >= 0.6 is 0 Å². The SMILES string of the molecule is CC(C)(C)OC(=O)N1CCC[C@H](CCNC(=O)COCC2CC2)C1. The molecule has 0 aromatic rings. The predicted octanol–water partition coefficient (Wildman–Crippen LogP) is 2.57. The molecule has 0 bridgehead atoms. The lowest BCUT2D eigenvalue weighted by atomic mass is 9.95. The molecular weight excluding hydrogens is 308 g/mol. The number of hydrogen-bond donors (Lipinski definition) is 1. The van der Waals surface area contributed by atoms with E-state index in [0.29, 0.717) is 31.5 Å². The number of hydrogen-bond acceptors (Lipinski definition) is 4. The second-order valence-corrected chi connectivity index (χ2v) is 8.03. The number of likely N-dealkylation sites (tertiary alicyclic amines) is 1. The summed E-state index contributed by atoms with van der Waals surface area (Å²) < 4.78 is 10.8. The highest BCUT2D eigenvalue weighted by molar-refractivity contribution is 5.77. The van der Waals surface area contributed by atoms with E-state index in [2.05, 4.69) is 5.32 Å². The van der Waals surface area contributed by atoms with E-state index >= 15 is 0 Å². The Morgan fingerprint density at radius 3 is 2.58 bits per heavy atom. The molecule has 2 fully saturated rings. The molecule has 1 saturated heterocycles.